The summed E-state index contributed by atoms with van der Waals surface area (Å²) in [6, 6.07) is 12.0. The summed E-state index contributed by atoms with van der Waals surface area (Å²) in [7, 11) is 0. The van der Waals surface area contributed by atoms with E-state index >= 15 is 0 Å². The van der Waals surface area contributed by atoms with Gasteiger partial charge in [-0.2, -0.15) is 5.10 Å². The van der Waals surface area contributed by atoms with Gasteiger partial charge >= 0.3 is 5.97 Å². The molecule has 27 heavy (non-hydrogen) atoms. The number of hydrogen-bond acceptors (Lipinski definition) is 4. The number of nitrogens with zero attached hydrogens (tertiary/aromatic N) is 3. The Bertz CT molecular complexity index is 985. The maximum atomic E-state index is 12.7. The highest BCUT2D eigenvalue weighted by Crippen LogP contribution is 2.40. The molecule has 0 radical (unpaired) electrons. The lowest BCUT2D eigenvalue weighted by Gasteiger charge is -2.10. The molecule has 1 aliphatic carbocycles. The minimum atomic E-state index is -0.328. The number of esters is 1. The van der Waals surface area contributed by atoms with E-state index in [1.54, 1.807) is 6.20 Å². The van der Waals surface area contributed by atoms with Gasteiger partial charge in [0.2, 0.25) is 0 Å². The summed E-state index contributed by atoms with van der Waals surface area (Å²) in [5.41, 5.74) is 3.37. The minimum Gasteiger partial charge on any atom is -0.458 e. The van der Waals surface area contributed by atoms with Crippen molar-refractivity contribution in [3.8, 4) is 0 Å². The van der Waals surface area contributed by atoms with E-state index in [2.05, 4.69) is 18.9 Å². The molecule has 3 aromatic rings. The van der Waals surface area contributed by atoms with Crippen LogP contribution >= 0.6 is 0 Å². The van der Waals surface area contributed by atoms with E-state index in [1.165, 1.54) is 0 Å². The summed E-state index contributed by atoms with van der Waals surface area (Å²) < 4.78 is 7.36. The highest BCUT2D eigenvalue weighted by Gasteiger charge is 2.28. The molecular formula is C22H23N3O2. The average molecular weight is 361 g/mol. The van der Waals surface area contributed by atoms with Crippen molar-refractivity contribution in [2.45, 2.75) is 38.6 Å². The van der Waals surface area contributed by atoms with E-state index in [0.717, 1.165) is 35.1 Å². The van der Waals surface area contributed by atoms with Crippen LogP contribution in [-0.4, -0.2) is 27.3 Å². The van der Waals surface area contributed by atoms with Gasteiger partial charge in [-0.1, -0.05) is 36.4 Å². The molecule has 2 heterocycles. The summed E-state index contributed by atoms with van der Waals surface area (Å²) in [5, 5.41) is 5.18. The van der Waals surface area contributed by atoms with Crippen LogP contribution in [0.3, 0.4) is 0 Å². The Morgan fingerprint density at radius 2 is 2.07 bits per heavy atom. The highest BCUT2D eigenvalue weighted by molar-refractivity contribution is 6.02. The topological polar surface area (TPSA) is 57.0 Å². The molecule has 1 saturated carbocycles. The first-order valence-electron chi connectivity index (χ1n) is 9.40. The van der Waals surface area contributed by atoms with Gasteiger partial charge in [-0.25, -0.2) is 14.5 Å². The Kier molecular flexibility index (Phi) is 4.75. The van der Waals surface area contributed by atoms with Crippen molar-refractivity contribution in [3.05, 3.63) is 65.5 Å². The molecule has 0 unspecified atom stereocenters. The summed E-state index contributed by atoms with van der Waals surface area (Å²) in [6.07, 6.45) is 7.77. The molecule has 4 rings (SSSR count). The number of benzene rings is 1. The van der Waals surface area contributed by atoms with Crippen LogP contribution in [0.1, 0.15) is 60.3 Å². The van der Waals surface area contributed by atoms with Crippen molar-refractivity contribution in [1.82, 2.24) is 14.8 Å². The van der Waals surface area contributed by atoms with Gasteiger partial charge in [0.15, 0.2) is 5.65 Å². The fourth-order valence-electron chi connectivity index (χ4n) is 3.12. The van der Waals surface area contributed by atoms with E-state index < -0.39 is 0 Å². The number of fused-ring (bicyclic) bond motifs is 1. The number of pyridine rings is 1. The van der Waals surface area contributed by atoms with E-state index in [0.29, 0.717) is 11.5 Å². The molecular weight excluding hydrogens is 338 g/mol. The van der Waals surface area contributed by atoms with Crippen LogP contribution in [-0.2, 0) is 4.74 Å². The molecule has 0 spiro atoms. The van der Waals surface area contributed by atoms with Gasteiger partial charge in [-0.3, -0.25) is 0 Å². The van der Waals surface area contributed by atoms with E-state index in [1.807, 2.05) is 53.2 Å². The number of aromatic nitrogens is 3. The molecule has 138 valence electrons. The maximum Gasteiger partial charge on any atom is 0.339 e. The second-order valence-electron chi connectivity index (χ2n) is 7.20. The number of rotatable bonds is 6. The van der Waals surface area contributed by atoms with Crippen LogP contribution in [0.15, 0.2) is 48.7 Å². The van der Waals surface area contributed by atoms with Crippen molar-refractivity contribution >= 4 is 23.1 Å². The first-order valence-corrected chi connectivity index (χ1v) is 9.40. The Hall–Kier alpha value is -2.95. The largest absolute Gasteiger partial charge is 0.458 e. The molecule has 5 heteroatoms. The van der Waals surface area contributed by atoms with Gasteiger partial charge in [0, 0.05) is 17.7 Å². The standard InChI is InChI=1S/C22H23N3O2/c1-15(2)25-21-19(14-23-25)18(13-20(24-21)17-10-11-17)22(26)27-12-6-9-16-7-4-3-5-8-16/h3-9,13-15,17H,10-12H2,1-2H3/b9-6+. The van der Waals surface area contributed by atoms with Crippen LogP contribution in [0.4, 0.5) is 0 Å². The Morgan fingerprint density at radius 1 is 1.30 bits per heavy atom. The molecule has 0 aliphatic heterocycles. The zero-order valence-corrected chi connectivity index (χ0v) is 15.6. The van der Waals surface area contributed by atoms with E-state index in [4.69, 9.17) is 9.72 Å². The van der Waals surface area contributed by atoms with Crippen molar-refractivity contribution in [2.75, 3.05) is 6.61 Å². The molecule has 1 aliphatic rings. The summed E-state index contributed by atoms with van der Waals surface area (Å²) in [6.45, 7) is 4.35. The average Bonchev–Trinajstić information content (AvgIpc) is 3.44. The lowest BCUT2D eigenvalue weighted by molar-refractivity contribution is 0.0552. The Morgan fingerprint density at radius 3 is 2.78 bits per heavy atom. The minimum absolute atomic E-state index is 0.183. The van der Waals surface area contributed by atoms with Crippen molar-refractivity contribution < 1.29 is 9.53 Å². The predicted molar refractivity (Wildman–Crippen MR) is 106 cm³/mol. The smallest absolute Gasteiger partial charge is 0.339 e. The zero-order chi connectivity index (χ0) is 18.8. The molecule has 0 bridgehead atoms. The van der Waals surface area contributed by atoms with Crippen LogP contribution in [0, 0.1) is 0 Å². The summed E-state index contributed by atoms with van der Waals surface area (Å²) in [5.74, 6) is 0.125. The normalized spacial score (nSPS) is 14.3. The third-order valence-electron chi connectivity index (χ3n) is 4.71. The molecule has 2 aromatic heterocycles. The van der Waals surface area contributed by atoms with Gasteiger partial charge in [0.1, 0.15) is 6.61 Å². The Labute approximate surface area is 158 Å². The third-order valence-corrected chi connectivity index (χ3v) is 4.71. The number of ether oxygens (including phenoxy) is 1. The molecule has 1 aromatic carbocycles. The van der Waals surface area contributed by atoms with Crippen molar-refractivity contribution in [3.63, 3.8) is 0 Å². The lowest BCUT2D eigenvalue weighted by Crippen LogP contribution is -2.09. The first-order chi connectivity index (χ1) is 13.1. The van der Waals surface area contributed by atoms with Crippen molar-refractivity contribution in [1.29, 1.82) is 0 Å². The SMILES string of the molecule is CC(C)n1ncc2c(C(=O)OC/C=C/c3ccccc3)cc(C3CC3)nc21. The van der Waals surface area contributed by atoms with Gasteiger partial charge in [0.25, 0.3) is 0 Å². The molecule has 0 amide bonds. The van der Waals surface area contributed by atoms with Crippen LogP contribution in [0.5, 0.6) is 0 Å². The zero-order valence-electron chi connectivity index (χ0n) is 15.6. The second kappa shape index (κ2) is 7.35. The molecule has 0 atom stereocenters. The van der Waals surface area contributed by atoms with E-state index in [9.17, 15) is 4.79 Å². The fourth-order valence-corrected chi connectivity index (χ4v) is 3.12. The number of carbonyl (C=O) groups excluding carboxylic acids is 1. The van der Waals surface area contributed by atoms with Crippen LogP contribution < -0.4 is 0 Å². The fraction of sp³-hybridized carbons (Fsp3) is 0.318. The van der Waals surface area contributed by atoms with E-state index in [-0.39, 0.29) is 18.6 Å². The highest BCUT2D eigenvalue weighted by atomic mass is 16.5. The quantitative estimate of drug-likeness (QED) is 0.594. The monoisotopic (exact) mass is 361 g/mol. The van der Waals surface area contributed by atoms with Gasteiger partial charge in [-0.15, -0.1) is 0 Å². The van der Waals surface area contributed by atoms with Crippen LogP contribution in [0.25, 0.3) is 17.1 Å². The van der Waals surface area contributed by atoms with Crippen molar-refractivity contribution in [2.24, 2.45) is 0 Å². The predicted octanol–water partition coefficient (Wildman–Crippen LogP) is 4.76. The number of carbonyl (C=O) groups is 1. The van der Waals surface area contributed by atoms with Crippen LogP contribution in [0.2, 0.25) is 0 Å². The number of hydrogen-bond donors (Lipinski definition) is 0. The van der Waals surface area contributed by atoms with Gasteiger partial charge < -0.3 is 4.74 Å². The Balaban J connectivity index is 1.56. The van der Waals surface area contributed by atoms with Gasteiger partial charge in [-0.05, 0) is 44.4 Å². The van der Waals surface area contributed by atoms with Gasteiger partial charge in [0.05, 0.1) is 17.1 Å². The summed E-state index contributed by atoms with van der Waals surface area (Å²) >= 11 is 0. The third kappa shape index (κ3) is 3.77. The molecule has 5 nitrogen and oxygen atoms in total. The molecule has 0 N–H and O–H groups in total. The first kappa shape index (κ1) is 17.5. The lowest BCUT2D eigenvalue weighted by atomic mass is 10.1. The summed E-state index contributed by atoms with van der Waals surface area (Å²) in [4.78, 5) is 17.5. The molecule has 0 saturated heterocycles. The second-order valence-corrected chi connectivity index (χ2v) is 7.20. The molecule has 1 fully saturated rings. The maximum absolute atomic E-state index is 12.7.